The number of nitrogens with one attached hydrogen (secondary N) is 1. The highest BCUT2D eigenvalue weighted by molar-refractivity contribution is 7.99. The van der Waals surface area contributed by atoms with Crippen LogP contribution < -0.4 is 14.8 Å². The molecule has 2 aromatic carbocycles. The lowest BCUT2D eigenvalue weighted by atomic mass is 10.1. The molecule has 0 atom stereocenters. The fourth-order valence-electron chi connectivity index (χ4n) is 2.93. The Morgan fingerprint density at radius 2 is 1.66 bits per heavy atom. The minimum Gasteiger partial charge on any atom is -0.493 e. The molecule has 0 saturated carbocycles. The van der Waals surface area contributed by atoms with E-state index >= 15 is 0 Å². The van der Waals surface area contributed by atoms with Crippen molar-refractivity contribution in [3.05, 3.63) is 59.7 Å². The number of carbonyl (C=O) groups excluding carboxylic acids is 1. The lowest BCUT2D eigenvalue weighted by Crippen LogP contribution is -2.14. The molecule has 6 nitrogen and oxygen atoms in total. The highest BCUT2D eigenvalue weighted by Gasteiger charge is 2.09. The third-order valence-corrected chi connectivity index (χ3v) is 5.10. The molecule has 7 heteroatoms. The van der Waals surface area contributed by atoms with Crippen molar-refractivity contribution in [3.8, 4) is 22.8 Å². The summed E-state index contributed by atoms with van der Waals surface area (Å²) < 4.78 is 10.6. The summed E-state index contributed by atoms with van der Waals surface area (Å²) in [4.78, 5) is 12.2. The summed E-state index contributed by atoms with van der Waals surface area (Å²) in [5.41, 5.74) is 4.63. The molecular weight excluding hydrogens is 386 g/mol. The number of anilines is 1. The van der Waals surface area contributed by atoms with E-state index in [0.29, 0.717) is 16.5 Å². The number of hydrogen-bond acceptors (Lipinski definition) is 6. The van der Waals surface area contributed by atoms with Gasteiger partial charge in [0.1, 0.15) is 5.03 Å². The fraction of sp³-hybridized carbons (Fsp3) is 0.227. The number of methoxy groups -OCH3 is 2. The van der Waals surface area contributed by atoms with Gasteiger partial charge in [-0.1, -0.05) is 17.8 Å². The minimum atomic E-state index is -0.0780. The van der Waals surface area contributed by atoms with Crippen LogP contribution in [0, 0.1) is 13.8 Å². The quantitative estimate of drug-likeness (QED) is 0.579. The highest BCUT2D eigenvalue weighted by atomic mass is 32.2. The second kappa shape index (κ2) is 9.43. The summed E-state index contributed by atoms with van der Waals surface area (Å²) in [7, 11) is 3.19. The number of ether oxygens (including phenoxy) is 2. The summed E-state index contributed by atoms with van der Waals surface area (Å²) >= 11 is 1.34. The zero-order chi connectivity index (χ0) is 20.8. The standard InChI is InChI=1S/C22H23N3O3S/c1-14-9-15(2)11-17(10-14)23-21(26)13-29-22-8-6-18(24-25-22)16-5-7-19(27-3)20(12-16)28-4/h5-12H,13H2,1-4H3,(H,23,26). The van der Waals surface area contributed by atoms with Crippen LogP contribution in [0.3, 0.4) is 0 Å². The number of rotatable bonds is 7. The average molecular weight is 410 g/mol. The van der Waals surface area contributed by atoms with Crippen LogP contribution in [0.15, 0.2) is 53.6 Å². The molecule has 3 rings (SSSR count). The minimum absolute atomic E-state index is 0.0780. The number of nitrogens with zero attached hydrogens (tertiary/aromatic N) is 2. The Morgan fingerprint density at radius 3 is 2.28 bits per heavy atom. The first-order valence-corrected chi connectivity index (χ1v) is 10.0. The van der Waals surface area contributed by atoms with E-state index in [0.717, 1.165) is 28.1 Å². The second-order valence-corrected chi connectivity index (χ2v) is 7.54. The Morgan fingerprint density at radius 1 is 0.931 bits per heavy atom. The van der Waals surface area contributed by atoms with E-state index < -0.39 is 0 Å². The van der Waals surface area contributed by atoms with Gasteiger partial charge in [-0.25, -0.2) is 0 Å². The number of hydrogen-bond donors (Lipinski definition) is 1. The van der Waals surface area contributed by atoms with Gasteiger partial charge in [-0.05, 0) is 67.4 Å². The van der Waals surface area contributed by atoms with E-state index in [4.69, 9.17) is 9.47 Å². The molecule has 0 spiro atoms. The summed E-state index contributed by atoms with van der Waals surface area (Å²) in [6, 6.07) is 15.3. The van der Waals surface area contributed by atoms with Gasteiger partial charge in [0.2, 0.25) is 5.91 Å². The van der Waals surface area contributed by atoms with Gasteiger partial charge in [0.15, 0.2) is 11.5 Å². The summed E-state index contributed by atoms with van der Waals surface area (Å²) in [5, 5.41) is 12.1. The van der Waals surface area contributed by atoms with Crippen LogP contribution in [0.5, 0.6) is 11.5 Å². The second-order valence-electron chi connectivity index (χ2n) is 6.54. The van der Waals surface area contributed by atoms with Crippen molar-refractivity contribution in [3.63, 3.8) is 0 Å². The smallest absolute Gasteiger partial charge is 0.234 e. The molecule has 3 aromatic rings. The van der Waals surface area contributed by atoms with Crippen LogP contribution in [0.2, 0.25) is 0 Å². The molecule has 29 heavy (non-hydrogen) atoms. The topological polar surface area (TPSA) is 73.3 Å². The highest BCUT2D eigenvalue weighted by Crippen LogP contribution is 2.31. The number of carbonyl (C=O) groups is 1. The first-order chi connectivity index (χ1) is 14.0. The third-order valence-electron chi connectivity index (χ3n) is 4.18. The molecule has 150 valence electrons. The fourth-order valence-corrected chi connectivity index (χ4v) is 3.54. The van der Waals surface area contributed by atoms with Crippen LogP contribution >= 0.6 is 11.8 Å². The SMILES string of the molecule is COc1ccc(-c2ccc(SCC(=O)Nc3cc(C)cc(C)c3)nn2)cc1OC. The van der Waals surface area contributed by atoms with E-state index in [1.807, 2.05) is 56.3 Å². The molecule has 0 aliphatic rings. The van der Waals surface area contributed by atoms with Crippen molar-refractivity contribution >= 4 is 23.4 Å². The van der Waals surface area contributed by atoms with Crippen molar-refractivity contribution in [1.29, 1.82) is 0 Å². The Kier molecular flexibility index (Phi) is 6.72. The maximum absolute atomic E-state index is 12.2. The Bertz CT molecular complexity index is 986. The molecule has 0 aliphatic heterocycles. The summed E-state index contributed by atoms with van der Waals surface area (Å²) in [5.74, 6) is 1.47. The van der Waals surface area contributed by atoms with Gasteiger partial charge >= 0.3 is 0 Å². The zero-order valence-electron chi connectivity index (χ0n) is 16.9. The number of aromatic nitrogens is 2. The molecule has 0 saturated heterocycles. The van der Waals surface area contributed by atoms with Gasteiger partial charge in [0, 0.05) is 11.3 Å². The van der Waals surface area contributed by atoms with Crippen molar-refractivity contribution in [2.45, 2.75) is 18.9 Å². The molecule has 0 unspecified atom stereocenters. The lowest BCUT2D eigenvalue weighted by Gasteiger charge is -2.09. The first kappa shape index (κ1) is 20.7. The molecule has 1 N–H and O–H groups in total. The molecule has 1 aromatic heterocycles. The molecule has 1 heterocycles. The largest absolute Gasteiger partial charge is 0.493 e. The number of thioether (sulfide) groups is 1. The van der Waals surface area contributed by atoms with Crippen LogP contribution in [-0.2, 0) is 4.79 Å². The van der Waals surface area contributed by atoms with Gasteiger partial charge in [-0.2, -0.15) is 0 Å². The monoisotopic (exact) mass is 409 g/mol. The van der Waals surface area contributed by atoms with Crippen molar-refractivity contribution in [2.75, 3.05) is 25.3 Å². The molecule has 1 amide bonds. The Hall–Kier alpha value is -3.06. The van der Waals surface area contributed by atoms with Gasteiger partial charge in [0.25, 0.3) is 0 Å². The Labute approximate surface area is 174 Å². The normalized spacial score (nSPS) is 10.5. The van der Waals surface area contributed by atoms with E-state index in [-0.39, 0.29) is 11.7 Å². The first-order valence-electron chi connectivity index (χ1n) is 9.05. The van der Waals surface area contributed by atoms with E-state index in [2.05, 4.69) is 21.6 Å². The van der Waals surface area contributed by atoms with E-state index in [1.54, 1.807) is 14.2 Å². The lowest BCUT2D eigenvalue weighted by molar-refractivity contribution is -0.113. The van der Waals surface area contributed by atoms with Crippen molar-refractivity contribution in [1.82, 2.24) is 10.2 Å². The van der Waals surface area contributed by atoms with E-state index in [9.17, 15) is 4.79 Å². The number of benzene rings is 2. The maximum atomic E-state index is 12.2. The van der Waals surface area contributed by atoms with Crippen LogP contribution in [-0.4, -0.2) is 36.1 Å². The average Bonchev–Trinajstić information content (AvgIpc) is 2.71. The van der Waals surface area contributed by atoms with Crippen LogP contribution in [0.4, 0.5) is 5.69 Å². The molecule has 0 aliphatic carbocycles. The predicted molar refractivity (Wildman–Crippen MR) is 116 cm³/mol. The predicted octanol–water partition coefficient (Wildman–Crippen LogP) is 4.51. The van der Waals surface area contributed by atoms with Crippen LogP contribution in [0.1, 0.15) is 11.1 Å². The van der Waals surface area contributed by atoms with Gasteiger partial charge in [0.05, 0.1) is 25.7 Å². The molecule has 0 fully saturated rings. The van der Waals surface area contributed by atoms with Crippen LogP contribution in [0.25, 0.3) is 11.3 Å². The zero-order valence-corrected chi connectivity index (χ0v) is 17.7. The van der Waals surface area contributed by atoms with Gasteiger partial charge < -0.3 is 14.8 Å². The number of amides is 1. The van der Waals surface area contributed by atoms with Gasteiger partial charge in [-0.15, -0.1) is 10.2 Å². The summed E-state index contributed by atoms with van der Waals surface area (Å²) in [6.07, 6.45) is 0. The van der Waals surface area contributed by atoms with Gasteiger partial charge in [-0.3, -0.25) is 4.79 Å². The molecule has 0 bridgehead atoms. The third kappa shape index (κ3) is 5.48. The van der Waals surface area contributed by atoms with Crippen molar-refractivity contribution < 1.29 is 14.3 Å². The summed E-state index contributed by atoms with van der Waals surface area (Å²) in [6.45, 7) is 4.01. The molecular formula is C22H23N3O3S. The van der Waals surface area contributed by atoms with Crippen molar-refractivity contribution in [2.24, 2.45) is 0 Å². The molecule has 0 radical (unpaired) electrons. The Balaban J connectivity index is 1.61. The maximum Gasteiger partial charge on any atom is 0.234 e. The van der Waals surface area contributed by atoms with E-state index in [1.165, 1.54) is 11.8 Å². The number of aryl methyl sites for hydroxylation is 2.